The van der Waals surface area contributed by atoms with Gasteiger partial charge < -0.3 is 41.0 Å². The Morgan fingerprint density at radius 2 is 1.91 bits per heavy atom. The van der Waals surface area contributed by atoms with Crippen LogP contribution in [0, 0.1) is 69.5 Å². The van der Waals surface area contributed by atoms with Crippen LogP contribution in [0.3, 0.4) is 0 Å². The van der Waals surface area contributed by atoms with Crippen LogP contribution in [0.2, 0.25) is 0 Å². The molecule has 4 saturated carbocycles. The van der Waals surface area contributed by atoms with Gasteiger partial charge in [0.1, 0.15) is 17.8 Å². The fraction of sp³-hybridized carbons (Fsp3) is 0.889. The first kappa shape index (κ1) is 37.1. The SMILES string of the molecule is CC1CCOC(C2OC2C(C)(O)C(C)(CO)CCC2CCNC(N)C2)(C2CC3CCC4=C5C6C(CC7C=CCC68C(CC(O)CC78)C4=O)CC2(C)C53O)C1. The summed E-state index contributed by atoms with van der Waals surface area (Å²) in [5, 5.41) is 52.0. The highest BCUT2D eigenvalue weighted by Crippen LogP contribution is 2.79. The van der Waals surface area contributed by atoms with Gasteiger partial charge in [0.25, 0.3) is 0 Å². The molecule has 0 amide bonds. The van der Waals surface area contributed by atoms with Gasteiger partial charge in [-0.3, -0.25) is 4.79 Å². The predicted molar refractivity (Wildman–Crippen MR) is 204 cm³/mol. The number of hydrogen-bond acceptors (Lipinski definition) is 9. The highest BCUT2D eigenvalue weighted by Gasteiger charge is 2.80. The summed E-state index contributed by atoms with van der Waals surface area (Å²) in [7, 11) is 0. The summed E-state index contributed by atoms with van der Waals surface area (Å²) in [6.45, 7) is 9.95. The topological polar surface area (TPSA) is 158 Å². The van der Waals surface area contributed by atoms with Gasteiger partial charge in [0.2, 0.25) is 0 Å². The Hall–Kier alpha value is -1.17. The molecule has 0 aromatic carbocycles. The molecule has 9 nitrogen and oxygen atoms in total. The van der Waals surface area contributed by atoms with Gasteiger partial charge in [-0.15, -0.1) is 0 Å². The Balaban J connectivity index is 1.03. The minimum atomic E-state index is -1.30. The van der Waals surface area contributed by atoms with E-state index in [1.165, 1.54) is 0 Å². The number of epoxide rings is 1. The average molecular weight is 749 g/mol. The maximum Gasteiger partial charge on any atom is 0.162 e. The van der Waals surface area contributed by atoms with E-state index in [4.69, 9.17) is 15.2 Å². The van der Waals surface area contributed by atoms with Crippen molar-refractivity contribution < 1.29 is 34.7 Å². The summed E-state index contributed by atoms with van der Waals surface area (Å²) in [6.07, 6.45) is 15.3. The average Bonchev–Trinajstić information content (AvgIpc) is 3.91. The zero-order valence-electron chi connectivity index (χ0n) is 33.3. The van der Waals surface area contributed by atoms with Gasteiger partial charge in [-0.25, -0.2) is 0 Å². The van der Waals surface area contributed by atoms with Crippen molar-refractivity contribution in [2.75, 3.05) is 19.8 Å². The summed E-state index contributed by atoms with van der Waals surface area (Å²) in [6, 6.07) is 0. The molecule has 1 spiro atoms. The summed E-state index contributed by atoms with van der Waals surface area (Å²) >= 11 is 0. The minimum absolute atomic E-state index is 0.00578. The summed E-state index contributed by atoms with van der Waals surface area (Å²) in [5.74, 6) is 2.12. The summed E-state index contributed by atoms with van der Waals surface area (Å²) < 4.78 is 14.0. The Morgan fingerprint density at radius 1 is 1.09 bits per heavy atom. The van der Waals surface area contributed by atoms with Gasteiger partial charge in [-0.2, -0.15) is 0 Å². The van der Waals surface area contributed by atoms with Gasteiger partial charge >= 0.3 is 0 Å². The Kier molecular flexibility index (Phi) is 8.38. The fourth-order valence-electron chi connectivity index (χ4n) is 16.4. The standard InChI is InChI=1S/C45H68N2O7/c1-24-11-15-53-44(21-24,39-38(54-39)42(4,51)40(2,23-48)13-9-25-10-14-47-34(46)16-25)33-18-28-7-8-30-36-35-27(22-41(33,3)45(28,36)52)17-26-6-5-12-43(35)31(26)19-29(49)20-32(43)37(30)50/h5-6,24-29,31-35,38-39,47-49,51-52H,7-23,46H2,1-4H3. The van der Waals surface area contributed by atoms with Crippen LogP contribution in [-0.4, -0.2) is 87.2 Å². The normalized spacial score (nSPS) is 55.1. The number of carbonyl (C=O) groups is 1. The van der Waals surface area contributed by atoms with Crippen LogP contribution in [0.5, 0.6) is 0 Å². The van der Waals surface area contributed by atoms with Crippen molar-refractivity contribution >= 4 is 5.78 Å². The third kappa shape index (κ3) is 4.65. The van der Waals surface area contributed by atoms with E-state index < -0.39 is 39.8 Å². The predicted octanol–water partition coefficient (Wildman–Crippen LogP) is 4.79. The number of Topliss-reactive ketones (excluding diaryl/α,β-unsaturated/α-hetero) is 1. The molecule has 3 aliphatic heterocycles. The van der Waals surface area contributed by atoms with E-state index in [1.54, 1.807) is 0 Å². The maximum atomic E-state index is 14.9. The lowest BCUT2D eigenvalue weighted by atomic mass is 9.33. The number of allylic oxidation sites excluding steroid dienone is 3. The second-order valence-corrected chi connectivity index (χ2v) is 21.6. The van der Waals surface area contributed by atoms with E-state index in [0.717, 1.165) is 94.7 Å². The zero-order chi connectivity index (χ0) is 37.8. The highest BCUT2D eigenvalue weighted by molar-refractivity contribution is 6.01. The Labute approximate surface area is 322 Å². The Bertz CT molecular complexity index is 1630. The van der Waals surface area contributed by atoms with Gasteiger partial charge in [0, 0.05) is 23.4 Å². The molecule has 7 N–H and O–H groups in total. The molecule has 0 aromatic heterocycles. The van der Waals surface area contributed by atoms with Gasteiger partial charge in [0.15, 0.2) is 5.78 Å². The number of piperidine rings is 1. The number of carbonyl (C=O) groups excluding carboxylic acids is 1. The molecule has 300 valence electrons. The lowest BCUT2D eigenvalue weighted by molar-refractivity contribution is -0.223. The van der Waals surface area contributed by atoms with Crippen molar-refractivity contribution in [2.24, 2.45) is 75.2 Å². The third-order valence-electron chi connectivity index (χ3n) is 19.2. The molecule has 54 heavy (non-hydrogen) atoms. The van der Waals surface area contributed by atoms with Gasteiger partial charge in [-0.1, -0.05) is 32.9 Å². The first-order chi connectivity index (χ1) is 25.6. The molecule has 9 heteroatoms. The fourth-order valence-corrected chi connectivity index (χ4v) is 16.4. The molecule has 10 aliphatic rings. The third-order valence-corrected chi connectivity index (χ3v) is 19.2. The number of rotatable bonds is 8. The number of aliphatic hydroxyl groups excluding tert-OH is 2. The zero-order valence-corrected chi connectivity index (χ0v) is 33.3. The Morgan fingerprint density at radius 3 is 2.67 bits per heavy atom. The van der Waals surface area contributed by atoms with Crippen molar-refractivity contribution in [3.63, 3.8) is 0 Å². The highest BCUT2D eigenvalue weighted by atomic mass is 16.6. The molecule has 2 bridgehead atoms. The van der Waals surface area contributed by atoms with Crippen molar-refractivity contribution in [3.8, 4) is 0 Å². The maximum absolute atomic E-state index is 14.9. The summed E-state index contributed by atoms with van der Waals surface area (Å²) in [4.78, 5) is 14.9. The lowest BCUT2D eigenvalue weighted by Crippen LogP contribution is -2.71. The van der Waals surface area contributed by atoms with E-state index in [-0.39, 0.29) is 59.7 Å². The van der Waals surface area contributed by atoms with Crippen LogP contribution >= 0.6 is 0 Å². The van der Waals surface area contributed by atoms with Crippen molar-refractivity contribution in [3.05, 3.63) is 23.3 Å². The van der Waals surface area contributed by atoms with E-state index in [1.807, 2.05) is 13.8 Å². The molecular weight excluding hydrogens is 681 g/mol. The van der Waals surface area contributed by atoms with E-state index in [0.29, 0.717) is 43.1 Å². The molecule has 3 heterocycles. The van der Waals surface area contributed by atoms with Crippen LogP contribution in [-0.2, 0) is 14.3 Å². The second kappa shape index (κ2) is 12.2. The van der Waals surface area contributed by atoms with Crippen LogP contribution in [0.4, 0.5) is 0 Å². The molecular formula is C45H68N2O7. The van der Waals surface area contributed by atoms with Gasteiger partial charge in [0.05, 0.1) is 30.1 Å². The van der Waals surface area contributed by atoms with E-state index >= 15 is 0 Å². The second-order valence-electron chi connectivity index (χ2n) is 21.6. The molecule has 3 saturated heterocycles. The quantitative estimate of drug-likeness (QED) is 0.152. The monoisotopic (exact) mass is 749 g/mol. The number of ether oxygens (including phenoxy) is 2. The van der Waals surface area contributed by atoms with Crippen LogP contribution < -0.4 is 11.1 Å². The van der Waals surface area contributed by atoms with Crippen molar-refractivity contribution in [2.45, 2.75) is 159 Å². The minimum Gasteiger partial charge on any atom is -0.396 e. The smallest absolute Gasteiger partial charge is 0.162 e. The molecule has 7 aliphatic carbocycles. The molecule has 10 rings (SSSR count). The molecule has 0 aromatic rings. The lowest BCUT2D eigenvalue weighted by Gasteiger charge is -2.71. The number of hydrogen-bond donors (Lipinski definition) is 6. The number of nitrogens with one attached hydrogen (secondary N) is 1. The summed E-state index contributed by atoms with van der Waals surface area (Å²) in [5.41, 5.74) is 3.66. The van der Waals surface area contributed by atoms with E-state index in [2.05, 4.69) is 31.3 Å². The molecule has 0 radical (unpaired) electrons. The first-order valence-corrected chi connectivity index (χ1v) is 22.1. The number of aliphatic hydroxyl groups is 4. The largest absolute Gasteiger partial charge is 0.396 e. The molecule has 19 unspecified atom stereocenters. The first-order valence-electron chi connectivity index (χ1n) is 22.1. The van der Waals surface area contributed by atoms with Crippen molar-refractivity contribution in [1.82, 2.24) is 5.32 Å². The van der Waals surface area contributed by atoms with Crippen molar-refractivity contribution in [1.29, 1.82) is 0 Å². The van der Waals surface area contributed by atoms with E-state index in [9.17, 15) is 25.2 Å². The number of nitrogens with two attached hydrogens (primary N) is 1. The van der Waals surface area contributed by atoms with Crippen LogP contribution in [0.1, 0.15) is 118 Å². The van der Waals surface area contributed by atoms with Crippen LogP contribution in [0.15, 0.2) is 23.3 Å². The number of ketones is 1. The van der Waals surface area contributed by atoms with Gasteiger partial charge in [-0.05, 0) is 167 Å². The molecule has 19 atom stereocenters. The van der Waals surface area contributed by atoms with Crippen LogP contribution in [0.25, 0.3) is 0 Å². The molecule has 7 fully saturated rings.